The average molecular weight is 235 g/mol. The predicted octanol–water partition coefficient (Wildman–Crippen LogP) is 0.231. The number of hydrogen-bond donors (Lipinski definition) is 3. The lowest BCUT2D eigenvalue weighted by Gasteiger charge is -2.11. The molecule has 0 saturated heterocycles. The number of aryl methyl sites for hydroxylation is 2. The Labute approximate surface area is 97.7 Å². The smallest absolute Gasteiger partial charge is 0.271 e. The Bertz CT molecular complexity index is 483. The molecule has 7 heteroatoms. The van der Waals surface area contributed by atoms with Gasteiger partial charge in [0, 0.05) is 12.8 Å². The van der Waals surface area contributed by atoms with Crippen molar-refractivity contribution in [1.29, 1.82) is 0 Å². The number of hydrogen-bond acceptors (Lipinski definition) is 4. The number of aromatic nitrogens is 2. The maximum atomic E-state index is 11.8. The van der Waals surface area contributed by atoms with E-state index in [1.807, 2.05) is 6.92 Å². The van der Waals surface area contributed by atoms with Gasteiger partial charge in [0.15, 0.2) is 0 Å². The molecule has 2 heterocycles. The van der Waals surface area contributed by atoms with Crippen molar-refractivity contribution in [3.8, 4) is 0 Å². The van der Waals surface area contributed by atoms with Gasteiger partial charge in [-0.1, -0.05) is 0 Å². The Morgan fingerprint density at radius 2 is 2.12 bits per heavy atom. The van der Waals surface area contributed by atoms with E-state index in [1.165, 1.54) is 0 Å². The maximum Gasteiger partial charge on any atom is 0.271 e. The lowest BCUT2D eigenvalue weighted by atomic mass is 10.1. The maximum absolute atomic E-state index is 11.8. The molecule has 0 aromatic carbocycles. The van der Waals surface area contributed by atoms with E-state index in [0.717, 1.165) is 11.4 Å². The van der Waals surface area contributed by atoms with Crippen molar-refractivity contribution in [3.63, 3.8) is 0 Å². The molecule has 1 aromatic rings. The van der Waals surface area contributed by atoms with Crippen LogP contribution in [0.25, 0.3) is 0 Å². The third-order valence-electron chi connectivity index (χ3n) is 2.53. The summed E-state index contributed by atoms with van der Waals surface area (Å²) in [5, 5.41) is 13.2. The van der Waals surface area contributed by atoms with E-state index in [9.17, 15) is 9.59 Å². The Hall–Kier alpha value is -2.18. The molecule has 3 N–H and O–H groups in total. The Morgan fingerprint density at radius 1 is 1.35 bits per heavy atom. The Balaban J connectivity index is 2.10. The van der Waals surface area contributed by atoms with Crippen LogP contribution in [0.1, 0.15) is 24.2 Å². The summed E-state index contributed by atoms with van der Waals surface area (Å²) < 4.78 is 0. The second-order valence-corrected chi connectivity index (χ2v) is 3.86. The van der Waals surface area contributed by atoms with Gasteiger partial charge in [-0.25, -0.2) is 5.43 Å². The highest BCUT2D eigenvalue weighted by Crippen LogP contribution is 2.16. The minimum absolute atomic E-state index is 0.169. The number of nitrogens with zero attached hydrogens (tertiary/aromatic N) is 2. The Kier molecular flexibility index (Phi) is 2.90. The van der Waals surface area contributed by atoms with E-state index in [2.05, 4.69) is 26.0 Å². The van der Waals surface area contributed by atoms with Crippen LogP contribution in [0.4, 0.5) is 5.69 Å². The van der Waals surface area contributed by atoms with Crippen LogP contribution in [0.5, 0.6) is 0 Å². The summed E-state index contributed by atoms with van der Waals surface area (Å²) in [5.41, 5.74) is 4.78. The molecule has 2 rings (SSSR count). The lowest BCUT2D eigenvalue weighted by Crippen LogP contribution is -2.32. The van der Waals surface area contributed by atoms with Gasteiger partial charge in [0.05, 0.1) is 17.1 Å². The number of hydrazone groups is 1. The molecule has 7 nitrogen and oxygen atoms in total. The van der Waals surface area contributed by atoms with E-state index < -0.39 is 0 Å². The summed E-state index contributed by atoms with van der Waals surface area (Å²) in [6.07, 6.45) is 0.642. The second-order valence-electron chi connectivity index (χ2n) is 3.86. The molecule has 0 radical (unpaired) electrons. The van der Waals surface area contributed by atoms with Crippen LogP contribution >= 0.6 is 0 Å². The summed E-state index contributed by atoms with van der Waals surface area (Å²) in [7, 11) is 0. The molecular formula is C10H13N5O2. The molecule has 2 amide bonds. The zero-order chi connectivity index (χ0) is 12.4. The lowest BCUT2D eigenvalue weighted by molar-refractivity contribution is -0.121. The molecule has 17 heavy (non-hydrogen) atoms. The van der Waals surface area contributed by atoms with E-state index >= 15 is 0 Å². The highest BCUT2D eigenvalue weighted by atomic mass is 16.2. The topological polar surface area (TPSA) is 99.2 Å². The first-order valence-electron chi connectivity index (χ1n) is 5.26. The molecule has 0 unspecified atom stereocenters. The summed E-state index contributed by atoms with van der Waals surface area (Å²) in [4.78, 5) is 22.7. The normalized spacial score (nSPS) is 15.2. The molecule has 0 fully saturated rings. The minimum Gasteiger partial charge on any atom is -0.318 e. The highest BCUT2D eigenvalue weighted by molar-refractivity contribution is 6.43. The molecule has 0 atom stereocenters. The zero-order valence-electron chi connectivity index (χ0n) is 9.63. The summed E-state index contributed by atoms with van der Waals surface area (Å²) >= 11 is 0. The highest BCUT2D eigenvalue weighted by Gasteiger charge is 2.19. The molecule has 1 aliphatic rings. The van der Waals surface area contributed by atoms with Gasteiger partial charge in [0.25, 0.3) is 5.91 Å². The quantitative estimate of drug-likeness (QED) is 0.684. The molecule has 90 valence electrons. The van der Waals surface area contributed by atoms with Gasteiger partial charge in [-0.2, -0.15) is 10.2 Å². The van der Waals surface area contributed by atoms with Gasteiger partial charge in [-0.05, 0) is 13.8 Å². The van der Waals surface area contributed by atoms with E-state index in [-0.39, 0.29) is 18.2 Å². The number of nitrogens with one attached hydrogen (secondary N) is 3. The number of rotatable bonds is 2. The Morgan fingerprint density at radius 3 is 2.65 bits per heavy atom. The molecule has 0 aliphatic carbocycles. The van der Waals surface area contributed by atoms with Gasteiger partial charge in [-0.15, -0.1) is 0 Å². The van der Waals surface area contributed by atoms with Crippen LogP contribution in [-0.2, 0) is 9.59 Å². The molecule has 0 bridgehead atoms. The van der Waals surface area contributed by atoms with Crippen LogP contribution in [0, 0.1) is 13.8 Å². The number of amides is 2. The minimum atomic E-state index is -0.308. The first-order valence-corrected chi connectivity index (χ1v) is 5.26. The van der Waals surface area contributed by atoms with Gasteiger partial charge in [0.1, 0.15) is 5.71 Å². The fourth-order valence-electron chi connectivity index (χ4n) is 1.56. The molecule has 0 saturated carbocycles. The van der Waals surface area contributed by atoms with Gasteiger partial charge in [-0.3, -0.25) is 14.7 Å². The fraction of sp³-hybridized carbons (Fsp3) is 0.400. The van der Waals surface area contributed by atoms with E-state index in [4.69, 9.17) is 0 Å². The summed E-state index contributed by atoms with van der Waals surface area (Å²) in [5.74, 6) is -0.477. The largest absolute Gasteiger partial charge is 0.318 e. The molecule has 1 aliphatic heterocycles. The molecule has 0 spiro atoms. The molecular weight excluding hydrogens is 222 g/mol. The SMILES string of the molecule is Cc1n[nH]c(C)c1NC(=O)C1=NNC(=O)CC1. The third kappa shape index (κ3) is 2.32. The van der Waals surface area contributed by atoms with Crippen LogP contribution in [0.3, 0.4) is 0 Å². The predicted molar refractivity (Wildman–Crippen MR) is 61.5 cm³/mol. The molecule has 1 aromatic heterocycles. The van der Waals surface area contributed by atoms with Crippen molar-refractivity contribution in [2.45, 2.75) is 26.7 Å². The van der Waals surface area contributed by atoms with Gasteiger partial charge < -0.3 is 5.32 Å². The monoisotopic (exact) mass is 235 g/mol. The van der Waals surface area contributed by atoms with Crippen molar-refractivity contribution in [3.05, 3.63) is 11.4 Å². The van der Waals surface area contributed by atoms with E-state index in [0.29, 0.717) is 17.8 Å². The van der Waals surface area contributed by atoms with Crippen LogP contribution in [-0.4, -0.2) is 27.7 Å². The van der Waals surface area contributed by atoms with Crippen molar-refractivity contribution < 1.29 is 9.59 Å². The number of anilines is 1. The average Bonchev–Trinajstić information content (AvgIpc) is 2.61. The van der Waals surface area contributed by atoms with Crippen molar-refractivity contribution in [1.82, 2.24) is 15.6 Å². The van der Waals surface area contributed by atoms with E-state index in [1.54, 1.807) is 6.92 Å². The fourth-order valence-corrected chi connectivity index (χ4v) is 1.56. The number of carbonyl (C=O) groups is 2. The van der Waals surface area contributed by atoms with Crippen LogP contribution < -0.4 is 10.7 Å². The number of aromatic amines is 1. The number of carbonyl (C=O) groups excluding carboxylic acids is 2. The van der Waals surface area contributed by atoms with Crippen LogP contribution in [0.15, 0.2) is 5.10 Å². The summed E-state index contributed by atoms with van der Waals surface area (Å²) in [6, 6.07) is 0. The summed E-state index contributed by atoms with van der Waals surface area (Å²) in [6.45, 7) is 3.61. The second kappa shape index (κ2) is 4.36. The van der Waals surface area contributed by atoms with Crippen molar-refractivity contribution >= 4 is 23.2 Å². The third-order valence-corrected chi connectivity index (χ3v) is 2.53. The van der Waals surface area contributed by atoms with Crippen molar-refractivity contribution in [2.24, 2.45) is 5.10 Å². The first kappa shape index (κ1) is 11.3. The van der Waals surface area contributed by atoms with Crippen molar-refractivity contribution in [2.75, 3.05) is 5.32 Å². The van der Waals surface area contributed by atoms with Crippen LogP contribution in [0.2, 0.25) is 0 Å². The number of H-pyrrole nitrogens is 1. The van der Waals surface area contributed by atoms with Gasteiger partial charge in [0.2, 0.25) is 5.91 Å². The van der Waals surface area contributed by atoms with Gasteiger partial charge >= 0.3 is 0 Å². The first-order chi connectivity index (χ1) is 8.08. The standard InChI is InChI=1S/C10H13N5O2/c1-5-9(6(2)13-12-5)11-10(17)7-3-4-8(16)15-14-7/h3-4H2,1-2H3,(H,11,17)(H,12,13)(H,15,16). The zero-order valence-corrected chi connectivity index (χ0v) is 9.63.